The number of benzene rings is 2. The van der Waals surface area contributed by atoms with Crippen LogP contribution in [0.25, 0.3) is 0 Å². The molecule has 0 heterocycles. The Bertz CT molecular complexity index is 747. The average Bonchev–Trinajstić information content (AvgIpc) is 2.55. The van der Waals surface area contributed by atoms with Gasteiger partial charge in [-0.1, -0.05) is 32.0 Å². The first-order valence-corrected chi connectivity index (χ1v) is 8.85. The van der Waals surface area contributed by atoms with E-state index in [2.05, 4.69) is 16.0 Å². The topological polar surface area (TPSA) is 70.2 Å². The van der Waals surface area contributed by atoms with Crippen LogP contribution in [-0.4, -0.2) is 18.4 Å². The molecule has 0 spiro atoms. The van der Waals surface area contributed by atoms with E-state index in [4.69, 9.17) is 0 Å². The third-order valence-electron chi connectivity index (χ3n) is 3.95. The molecule has 0 aliphatic rings. The predicted molar refractivity (Wildman–Crippen MR) is 108 cm³/mol. The van der Waals surface area contributed by atoms with Crippen molar-refractivity contribution in [2.45, 2.75) is 34.1 Å². The molecular formula is C21H27N3O2. The molecule has 138 valence electrons. The SMILES string of the molecule is Cc1cccc(C)c1NCC(=O)Nc1ccc(NC(=O)CC(C)C)cc1. The van der Waals surface area contributed by atoms with Crippen molar-refractivity contribution in [3.8, 4) is 0 Å². The molecule has 2 rings (SSSR count). The number of rotatable bonds is 7. The molecule has 0 aromatic heterocycles. The lowest BCUT2D eigenvalue weighted by Gasteiger charge is -2.13. The fourth-order valence-corrected chi connectivity index (χ4v) is 2.69. The van der Waals surface area contributed by atoms with Gasteiger partial charge in [-0.05, 0) is 55.2 Å². The van der Waals surface area contributed by atoms with Crippen LogP contribution in [0.3, 0.4) is 0 Å². The minimum Gasteiger partial charge on any atom is -0.376 e. The standard InChI is InChI=1S/C21H27N3O2/c1-14(2)12-19(25)23-17-8-10-18(11-9-17)24-20(26)13-22-21-15(3)6-5-7-16(21)4/h5-11,14,22H,12-13H2,1-4H3,(H,23,25)(H,24,26). The fourth-order valence-electron chi connectivity index (χ4n) is 2.69. The number of hydrogen-bond acceptors (Lipinski definition) is 3. The van der Waals surface area contributed by atoms with Gasteiger partial charge in [-0.2, -0.15) is 0 Å². The maximum atomic E-state index is 12.1. The Morgan fingerprint density at radius 2 is 1.35 bits per heavy atom. The zero-order valence-corrected chi connectivity index (χ0v) is 15.8. The number of amides is 2. The summed E-state index contributed by atoms with van der Waals surface area (Å²) < 4.78 is 0. The van der Waals surface area contributed by atoms with Crippen LogP contribution in [0.15, 0.2) is 42.5 Å². The third kappa shape index (κ3) is 5.92. The van der Waals surface area contributed by atoms with Gasteiger partial charge in [0.15, 0.2) is 0 Å². The number of anilines is 3. The van der Waals surface area contributed by atoms with E-state index in [0.29, 0.717) is 18.0 Å². The number of carbonyl (C=O) groups excluding carboxylic acids is 2. The Morgan fingerprint density at radius 3 is 1.85 bits per heavy atom. The summed E-state index contributed by atoms with van der Waals surface area (Å²) in [4.78, 5) is 23.9. The lowest BCUT2D eigenvalue weighted by molar-refractivity contribution is -0.117. The summed E-state index contributed by atoms with van der Waals surface area (Å²) in [5, 5.41) is 8.89. The summed E-state index contributed by atoms with van der Waals surface area (Å²) in [6.45, 7) is 8.23. The number of hydrogen-bond donors (Lipinski definition) is 3. The Hall–Kier alpha value is -2.82. The van der Waals surface area contributed by atoms with Gasteiger partial charge in [-0.25, -0.2) is 0 Å². The molecule has 5 heteroatoms. The molecule has 0 aliphatic heterocycles. The van der Waals surface area contributed by atoms with E-state index in [9.17, 15) is 9.59 Å². The molecule has 3 N–H and O–H groups in total. The molecule has 2 aromatic rings. The number of para-hydroxylation sites is 1. The summed E-state index contributed by atoms with van der Waals surface area (Å²) in [7, 11) is 0. The predicted octanol–water partition coefficient (Wildman–Crippen LogP) is 4.34. The molecule has 0 bridgehead atoms. The van der Waals surface area contributed by atoms with Crippen molar-refractivity contribution >= 4 is 28.9 Å². The van der Waals surface area contributed by atoms with E-state index in [1.165, 1.54) is 0 Å². The molecule has 0 fully saturated rings. The van der Waals surface area contributed by atoms with E-state index in [1.54, 1.807) is 24.3 Å². The van der Waals surface area contributed by atoms with E-state index in [0.717, 1.165) is 22.5 Å². The Labute approximate surface area is 155 Å². The summed E-state index contributed by atoms with van der Waals surface area (Å²) >= 11 is 0. The summed E-state index contributed by atoms with van der Waals surface area (Å²) in [6, 6.07) is 13.2. The van der Waals surface area contributed by atoms with Crippen molar-refractivity contribution in [2.75, 3.05) is 22.5 Å². The molecule has 0 atom stereocenters. The van der Waals surface area contributed by atoms with Gasteiger partial charge in [0.2, 0.25) is 11.8 Å². The second-order valence-corrected chi connectivity index (χ2v) is 6.89. The van der Waals surface area contributed by atoms with Crippen molar-refractivity contribution < 1.29 is 9.59 Å². The van der Waals surface area contributed by atoms with Crippen LogP contribution in [0, 0.1) is 19.8 Å². The molecule has 2 amide bonds. The van der Waals surface area contributed by atoms with Gasteiger partial charge in [0.1, 0.15) is 0 Å². The Kier molecular flexibility index (Phi) is 6.78. The van der Waals surface area contributed by atoms with Crippen LogP contribution in [0.2, 0.25) is 0 Å². The molecule has 0 saturated carbocycles. The van der Waals surface area contributed by atoms with Gasteiger partial charge >= 0.3 is 0 Å². The van der Waals surface area contributed by atoms with Crippen LogP contribution >= 0.6 is 0 Å². The lowest BCUT2D eigenvalue weighted by Crippen LogP contribution is -2.22. The van der Waals surface area contributed by atoms with Gasteiger partial charge in [-0.3, -0.25) is 9.59 Å². The third-order valence-corrected chi connectivity index (χ3v) is 3.95. The smallest absolute Gasteiger partial charge is 0.243 e. The van der Waals surface area contributed by atoms with E-state index < -0.39 is 0 Å². The zero-order valence-electron chi connectivity index (χ0n) is 15.8. The molecule has 0 aliphatic carbocycles. The molecule has 0 radical (unpaired) electrons. The molecule has 26 heavy (non-hydrogen) atoms. The minimum atomic E-state index is -0.121. The molecule has 5 nitrogen and oxygen atoms in total. The number of nitrogens with one attached hydrogen (secondary N) is 3. The first-order valence-electron chi connectivity index (χ1n) is 8.85. The highest BCUT2D eigenvalue weighted by atomic mass is 16.2. The first-order chi connectivity index (χ1) is 12.3. The highest BCUT2D eigenvalue weighted by Gasteiger charge is 2.07. The Morgan fingerprint density at radius 1 is 0.846 bits per heavy atom. The summed E-state index contributed by atoms with van der Waals surface area (Å²) in [5.41, 5.74) is 4.63. The average molecular weight is 353 g/mol. The van der Waals surface area contributed by atoms with Crippen molar-refractivity contribution in [2.24, 2.45) is 5.92 Å². The van der Waals surface area contributed by atoms with Crippen molar-refractivity contribution in [1.29, 1.82) is 0 Å². The van der Waals surface area contributed by atoms with E-state index in [1.807, 2.05) is 45.9 Å². The maximum Gasteiger partial charge on any atom is 0.243 e. The van der Waals surface area contributed by atoms with Gasteiger partial charge < -0.3 is 16.0 Å². The van der Waals surface area contributed by atoms with E-state index in [-0.39, 0.29) is 18.4 Å². The van der Waals surface area contributed by atoms with Crippen LogP contribution in [0.5, 0.6) is 0 Å². The number of aryl methyl sites for hydroxylation is 2. The van der Waals surface area contributed by atoms with Crippen LogP contribution in [0.1, 0.15) is 31.4 Å². The first kappa shape index (κ1) is 19.5. The summed E-state index contributed by atoms with van der Waals surface area (Å²) in [6.07, 6.45) is 0.489. The van der Waals surface area contributed by atoms with Crippen molar-refractivity contribution in [1.82, 2.24) is 0 Å². The number of carbonyl (C=O) groups is 2. The van der Waals surface area contributed by atoms with E-state index >= 15 is 0 Å². The van der Waals surface area contributed by atoms with Crippen molar-refractivity contribution in [3.05, 3.63) is 53.6 Å². The molecular weight excluding hydrogens is 326 g/mol. The Balaban J connectivity index is 1.86. The highest BCUT2D eigenvalue weighted by Crippen LogP contribution is 2.19. The van der Waals surface area contributed by atoms with Gasteiger partial charge in [-0.15, -0.1) is 0 Å². The largest absolute Gasteiger partial charge is 0.376 e. The maximum absolute atomic E-state index is 12.1. The molecule has 0 unspecified atom stereocenters. The molecule has 0 saturated heterocycles. The van der Waals surface area contributed by atoms with Crippen molar-refractivity contribution in [3.63, 3.8) is 0 Å². The van der Waals surface area contributed by atoms with Crippen LogP contribution in [0.4, 0.5) is 17.1 Å². The fraction of sp³-hybridized carbons (Fsp3) is 0.333. The highest BCUT2D eigenvalue weighted by molar-refractivity contribution is 5.95. The lowest BCUT2D eigenvalue weighted by atomic mass is 10.1. The quantitative estimate of drug-likeness (QED) is 0.693. The van der Waals surface area contributed by atoms with Gasteiger partial charge in [0.05, 0.1) is 6.54 Å². The normalized spacial score (nSPS) is 10.5. The van der Waals surface area contributed by atoms with Crippen LogP contribution < -0.4 is 16.0 Å². The van der Waals surface area contributed by atoms with Gasteiger partial charge in [0.25, 0.3) is 0 Å². The van der Waals surface area contributed by atoms with Crippen LogP contribution in [-0.2, 0) is 9.59 Å². The summed E-state index contributed by atoms with van der Waals surface area (Å²) in [5.74, 6) is 0.191. The monoisotopic (exact) mass is 353 g/mol. The zero-order chi connectivity index (χ0) is 19.1. The second kappa shape index (κ2) is 9.04. The molecule has 2 aromatic carbocycles. The second-order valence-electron chi connectivity index (χ2n) is 6.89. The van der Waals surface area contributed by atoms with Gasteiger partial charge in [0, 0.05) is 23.5 Å². The minimum absolute atomic E-state index is 0.00501.